The molecule has 3 aliphatic rings. The Balaban J connectivity index is 1.98. The number of likely N-dealkylation sites (N-methyl/N-ethyl adjacent to an activating group) is 1. The van der Waals surface area contributed by atoms with Gasteiger partial charge in [0.15, 0.2) is 0 Å². The van der Waals surface area contributed by atoms with Crippen LogP contribution in [0.5, 0.6) is 0 Å². The number of hydrogen-bond acceptors (Lipinski definition) is 4. The molecule has 0 radical (unpaired) electrons. The summed E-state index contributed by atoms with van der Waals surface area (Å²) in [4.78, 5) is 2.35. The third-order valence-corrected chi connectivity index (χ3v) is 6.17. The van der Waals surface area contributed by atoms with Gasteiger partial charge in [0, 0.05) is 26.1 Å². The van der Waals surface area contributed by atoms with Crippen molar-refractivity contribution in [2.75, 3.05) is 32.4 Å². The normalized spacial score (nSPS) is 31.5. The molecular formula is C12H21N3O2S. The Kier molecular flexibility index (Phi) is 4.25. The maximum absolute atomic E-state index is 12.2. The van der Waals surface area contributed by atoms with E-state index in [1.54, 1.807) is 11.4 Å². The van der Waals surface area contributed by atoms with Crippen LogP contribution in [0.15, 0.2) is 0 Å². The Hall–Kier alpha value is -0.640. The van der Waals surface area contributed by atoms with Crippen molar-refractivity contribution in [3.63, 3.8) is 0 Å². The van der Waals surface area contributed by atoms with Crippen LogP contribution in [0.1, 0.15) is 25.7 Å². The fraction of sp³-hybridized carbons (Fsp3) is 0.917. The fourth-order valence-electron chi connectivity index (χ4n) is 3.03. The number of fused-ring (bicyclic) bond motifs is 3. The van der Waals surface area contributed by atoms with Gasteiger partial charge < -0.3 is 4.90 Å². The molecule has 1 atom stereocenters. The lowest BCUT2D eigenvalue weighted by Gasteiger charge is -2.47. The number of piperidine rings is 3. The first kappa shape index (κ1) is 13.8. The summed E-state index contributed by atoms with van der Waals surface area (Å²) in [5.41, 5.74) is 0. The lowest BCUT2D eigenvalue weighted by molar-refractivity contribution is 0.0465. The first-order valence-electron chi connectivity index (χ1n) is 6.59. The van der Waals surface area contributed by atoms with Gasteiger partial charge in [-0.15, -0.1) is 0 Å². The van der Waals surface area contributed by atoms with Crippen molar-refractivity contribution in [1.82, 2.24) is 9.21 Å². The van der Waals surface area contributed by atoms with Gasteiger partial charge in [0.1, 0.15) is 0 Å². The number of sulfonamides is 1. The second kappa shape index (κ2) is 5.55. The molecule has 0 saturated carbocycles. The van der Waals surface area contributed by atoms with E-state index in [0.29, 0.717) is 18.8 Å². The summed E-state index contributed by atoms with van der Waals surface area (Å²) in [7, 11) is -1.50. The maximum Gasteiger partial charge on any atom is 0.214 e. The summed E-state index contributed by atoms with van der Waals surface area (Å²) in [6.45, 7) is 3.10. The Morgan fingerprint density at radius 2 is 2.06 bits per heavy atom. The molecule has 3 aliphatic heterocycles. The first-order chi connectivity index (χ1) is 8.54. The monoisotopic (exact) mass is 271 g/mol. The zero-order valence-corrected chi connectivity index (χ0v) is 11.7. The van der Waals surface area contributed by atoms with Gasteiger partial charge in [-0.05, 0) is 38.3 Å². The van der Waals surface area contributed by atoms with Gasteiger partial charge in [0.25, 0.3) is 0 Å². The second-order valence-electron chi connectivity index (χ2n) is 5.30. The van der Waals surface area contributed by atoms with E-state index in [-0.39, 0.29) is 11.8 Å². The molecule has 3 rings (SSSR count). The van der Waals surface area contributed by atoms with Crippen molar-refractivity contribution in [3.8, 4) is 6.07 Å². The van der Waals surface area contributed by atoms with E-state index < -0.39 is 10.0 Å². The van der Waals surface area contributed by atoms with Gasteiger partial charge in [-0.2, -0.15) is 5.26 Å². The molecule has 0 N–H and O–H groups in total. The topological polar surface area (TPSA) is 64.4 Å². The first-order valence-corrected chi connectivity index (χ1v) is 8.20. The van der Waals surface area contributed by atoms with E-state index in [1.807, 2.05) is 6.07 Å². The van der Waals surface area contributed by atoms with E-state index in [9.17, 15) is 8.42 Å². The molecule has 0 aliphatic carbocycles. The van der Waals surface area contributed by atoms with Gasteiger partial charge in [0.2, 0.25) is 10.0 Å². The lowest BCUT2D eigenvalue weighted by atomic mass is 9.84. The fourth-order valence-corrected chi connectivity index (χ4v) is 4.48. The number of rotatable bonds is 5. The lowest BCUT2D eigenvalue weighted by Crippen LogP contribution is -2.57. The summed E-state index contributed by atoms with van der Waals surface area (Å²) in [6.07, 6.45) is 2.98. The van der Waals surface area contributed by atoms with Crippen LogP contribution in [-0.2, 0) is 10.0 Å². The highest BCUT2D eigenvalue weighted by atomic mass is 32.2. The van der Waals surface area contributed by atoms with Crippen LogP contribution in [0.3, 0.4) is 0 Å². The zero-order chi connectivity index (χ0) is 13.2. The quantitative estimate of drug-likeness (QED) is 0.689. The average molecular weight is 271 g/mol. The Bertz CT molecular complexity index is 421. The van der Waals surface area contributed by atoms with E-state index in [2.05, 4.69) is 4.90 Å². The number of unbranched alkanes of at least 4 members (excludes halogenated alkanes) is 1. The van der Waals surface area contributed by atoms with Gasteiger partial charge in [-0.3, -0.25) is 0 Å². The molecule has 0 aromatic rings. The molecule has 0 spiro atoms. The van der Waals surface area contributed by atoms with Crippen LogP contribution >= 0.6 is 0 Å². The molecular weight excluding hydrogens is 250 g/mol. The maximum atomic E-state index is 12.2. The van der Waals surface area contributed by atoms with Gasteiger partial charge in [0.05, 0.1) is 11.8 Å². The Morgan fingerprint density at radius 3 is 2.56 bits per heavy atom. The van der Waals surface area contributed by atoms with E-state index in [0.717, 1.165) is 32.5 Å². The van der Waals surface area contributed by atoms with Crippen molar-refractivity contribution < 1.29 is 8.42 Å². The third kappa shape index (κ3) is 2.85. The number of nitrogens with zero attached hydrogens (tertiary/aromatic N) is 3. The highest BCUT2D eigenvalue weighted by molar-refractivity contribution is 7.89. The molecule has 6 heteroatoms. The molecule has 18 heavy (non-hydrogen) atoms. The summed E-state index contributed by atoms with van der Waals surface area (Å²) < 4.78 is 25.9. The van der Waals surface area contributed by atoms with Crippen LogP contribution < -0.4 is 0 Å². The molecule has 2 bridgehead atoms. The Labute approximate surface area is 109 Å². The minimum atomic E-state index is -3.20. The summed E-state index contributed by atoms with van der Waals surface area (Å²) >= 11 is 0. The van der Waals surface area contributed by atoms with Crippen molar-refractivity contribution in [1.29, 1.82) is 5.26 Å². The molecule has 0 unspecified atom stereocenters. The number of nitriles is 1. The van der Waals surface area contributed by atoms with Gasteiger partial charge in [-0.1, -0.05) is 0 Å². The minimum Gasteiger partial charge on any atom is -0.302 e. The third-order valence-electron chi connectivity index (χ3n) is 4.22. The molecule has 3 fully saturated rings. The van der Waals surface area contributed by atoms with Crippen LogP contribution in [0.2, 0.25) is 0 Å². The summed E-state index contributed by atoms with van der Waals surface area (Å²) in [5.74, 6) is 0.617. The highest BCUT2D eigenvalue weighted by Crippen LogP contribution is 2.31. The van der Waals surface area contributed by atoms with E-state index in [4.69, 9.17) is 5.26 Å². The molecule has 3 saturated heterocycles. The van der Waals surface area contributed by atoms with Gasteiger partial charge >= 0.3 is 0 Å². The average Bonchev–Trinajstić information content (AvgIpc) is 2.39. The van der Waals surface area contributed by atoms with Crippen LogP contribution in [-0.4, -0.2) is 56.1 Å². The van der Waals surface area contributed by atoms with Crippen molar-refractivity contribution in [2.45, 2.75) is 31.7 Å². The second-order valence-corrected chi connectivity index (χ2v) is 7.45. The summed E-state index contributed by atoms with van der Waals surface area (Å²) in [6, 6.07) is 2.13. The predicted octanol–water partition coefficient (Wildman–Crippen LogP) is 0.646. The summed E-state index contributed by atoms with van der Waals surface area (Å²) in [5, 5.41) is 8.47. The molecule has 0 aromatic heterocycles. The van der Waals surface area contributed by atoms with E-state index >= 15 is 0 Å². The smallest absolute Gasteiger partial charge is 0.214 e. The molecule has 5 nitrogen and oxygen atoms in total. The SMILES string of the molecule is CN([C@H]1CN2CCC1CC2)S(=O)(=O)CCCC#N. The number of hydrogen-bond donors (Lipinski definition) is 0. The van der Waals surface area contributed by atoms with E-state index in [1.165, 1.54) is 0 Å². The standard InChI is InChI=1S/C12H21N3O2S/c1-14(18(16,17)9-3-2-6-13)12-10-15-7-4-11(12)5-8-15/h11-12H,2-5,7-10H2,1H3/t12-/m0/s1. The molecule has 0 aromatic carbocycles. The molecule has 102 valence electrons. The Morgan fingerprint density at radius 1 is 1.39 bits per heavy atom. The van der Waals surface area contributed by atoms with Crippen molar-refractivity contribution in [2.24, 2.45) is 5.92 Å². The van der Waals surface area contributed by atoms with Crippen LogP contribution in [0.25, 0.3) is 0 Å². The minimum absolute atomic E-state index is 0.0975. The predicted molar refractivity (Wildman–Crippen MR) is 69.3 cm³/mol. The van der Waals surface area contributed by atoms with Crippen molar-refractivity contribution >= 4 is 10.0 Å². The van der Waals surface area contributed by atoms with Crippen molar-refractivity contribution in [3.05, 3.63) is 0 Å². The largest absolute Gasteiger partial charge is 0.302 e. The van der Waals surface area contributed by atoms with Crippen LogP contribution in [0.4, 0.5) is 0 Å². The molecule has 0 amide bonds. The van der Waals surface area contributed by atoms with Crippen LogP contribution in [0, 0.1) is 17.2 Å². The molecule has 3 heterocycles. The zero-order valence-electron chi connectivity index (χ0n) is 10.9. The van der Waals surface area contributed by atoms with Gasteiger partial charge in [-0.25, -0.2) is 12.7 Å². The highest BCUT2D eigenvalue weighted by Gasteiger charge is 2.39.